The number of carbonyl (C=O) groups is 1. The summed E-state index contributed by atoms with van der Waals surface area (Å²) >= 11 is 0. The lowest BCUT2D eigenvalue weighted by Crippen LogP contribution is -2.40. The molecule has 0 atom stereocenters. The molecule has 1 saturated heterocycles. The van der Waals surface area contributed by atoms with Gasteiger partial charge in [-0.25, -0.2) is 4.98 Å². The van der Waals surface area contributed by atoms with Crippen molar-refractivity contribution in [3.8, 4) is 5.88 Å². The van der Waals surface area contributed by atoms with E-state index in [1.54, 1.807) is 21.9 Å². The topological polar surface area (TPSA) is 108 Å². The summed E-state index contributed by atoms with van der Waals surface area (Å²) in [7, 11) is 0. The fraction of sp³-hybridized carbons (Fsp3) is 0.500. The first-order valence-corrected chi connectivity index (χ1v) is 9.43. The molecule has 1 amide bonds. The van der Waals surface area contributed by atoms with E-state index < -0.39 is 5.56 Å². The van der Waals surface area contributed by atoms with E-state index in [-0.39, 0.29) is 34.2 Å². The van der Waals surface area contributed by atoms with Gasteiger partial charge in [-0.1, -0.05) is 20.8 Å². The molecule has 0 radical (unpaired) electrons. The van der Waals surface area contributed by atoms with E-state index in [0.29, 0.717) is 19.6 Å². The Hall–Kier alpha value is -2.90. The summed E-state index contributed by atoms with van der Waals surface area (Å²) in [6, 6.07) is 4.05. The molecule has 28 heavy (non-hydrogen) atoms. The molecule has 2 aromatic rings. The second-order valence-corrected chi connectivity index (χ2v) is 8.37. The summed E-state index contributed by atoms with van der Waals surface area (Å²) in [6.07, 6.45) is 3.13. The van der Waals surface area contributed by atoms with Crippen molar-refractivity contribution in [3.05, 3.63) is 56.5 Å². The summed E-state index contributed by atoms with van der Waals surface area (Å²) in [4.78, 5) is 44.7. The molecule has 1 aliphatic rings. The van der Waals surface area contributed by atoms with Crippen molar-refractivity contribution in [1.82, 2.24) is 19.4 Å². The van der Waals surface area contributed by atoms with E-state index >= 15 is 0 Å². The molecule has 1 aliphatic heterocycles. The van der Waals surface area contributed by atoms with E-state index in [2.05, 4.69) is 9.97 Å². The van der Waals surface area contributed by atoms with Crippen LogP contribution in [0.4, 0.5) is 0 Å². The van der Waals surface area contributed by atoms with Gasteiger partial charge in [-0.3, -0.25) is 23.9 Å². The van der Waals surface area contributed by atoms with Gasteiger partial charge in [-0.05, 0) is 18.8 Å². The summed E-state index contributed by atoms with van der Waals surface area (Å²) in [5.74, 6) is -0.318. The highest BCUT2D eigenvalue weighted by Crippen LogP contribution is 2.21. The lowest BCUT2D eigenvalue weighted by atomic mass is 9.92. The van der Waals surface area contributed by atoms with Gasteiger partial charge in [0.15, 0.2) is 5.88 Å². The first kappa shape index (κ1) is 19.9. The molecule has 0 unspecified atom stereocenters. The van der Waals surface area contributed by atoms with Crippen LogP contribution in [0.1, 0.15) is 49.7 Å². The molecule has 8 nitrogen and oxygen atoms in total. The maximum Gasteiger partial charge on any atom is 0.254 e. The molecular weight excluding hydrogens is 360 g/mol. The van der Waals surface area contributed by atoms with Crippen molar-refractivity contribution in [1.29, 1.82) is 0 Å². The molecule has 0 bridgehead atoms. The van der Waals surface area contributed by atoms with Crippen LogP contribution in [0.25, 0.3) is 0 Å². The Balaban J connectivity index is 1.62. The van der Waals surface area contributed by atoms with Gasteiger partial charge in [-0.15, -0.1) is 0 Å². The quantitative estimate of drug-likeness (QED) is 0.831. The summed E-state index contributed by atoms with van der Waals surface area (Å²) in [5, 5.41) is 9.48. The molecule has 3 rings (SSSR count). The number of hydrogen-bond acceptors (Lipinski definition) is 5. The standard InChI is InChI=1S/C20H26N4O4/c1-20(2,3)15-10-18(27)24(12-21-15)11-13-4-6-23(7-5-13)19(28)14-8-16(25)22-17(26)9-14/h8-10,12-13H,4-7,11H2,1-3H3,(H2,22,25,26). The van der Waals surface area contributed by atoms with Crippen molar-refractivity contribution >= 4 is 5.91 Å². The van der Waals surface area contributed by atoms with Crippen molar-refractivity contribution in [2.75, 3.05) is 13.1 Å². The van der Waals surface area contributed by atoms with E-state index in [9.17, 15) is 19.5 Å². The first-order chi connectivity index (χ1) is 13.1. The van der Waals surface area contributed by atoms with E-state index in [1.807, 2.05) is 20.8 Å². The average molecular weight is 386 g/mol. The highest BCUT2D eigenvalue weighted by molar-refractivity contribution is 5.94. The monoisotopic (exact) mass is 386 g/mol. The smallest absolute Gasteiger partial charge is 0.254 e. The molecule has 0 aromatic carbocycles. The minimum absolute atomic E-state index is 0.0579. The highest BCUT2D eigenvalue weighted by atomic mass is 16.3. The van der Waals surface area contributed by atoms with E-state index in [1.165, 1.54) is 12.1 Å². The summed E-state index contributed by atoms with van der Waals surface area (Å²) in [6.45, 7) is 7.72. The van der Waals surface area contributed by atoms with Gasteiger partial charge < -0.3 is 10.0 Å². The molecule has 0 aliphatic carbocycles. The zero-order valence-corrected chi connectivity index (χ0v) is 16.4. The number of nitrogens with zero attached hydrogens (tertiary/aromatic N) is 3. The number of likely N-dealkylation sites (tertiary alicyclic amines) is 1. The third kappa shape index (κ3) is 4.49. The Bertz CT molecular complexity index is 979. The number of pyridine rings is 1. The third-order valence-electron chi connectivity index (χ3n) is 5.08. The van der Waals surface area contributed by atoms with Crippen molar-refractivity contribution in [2.45, 2.75) is 45.6 Å². The molecule has 0 spiro atoms. The number of nitrogens with one attached hydrogen (secondary N) is 1. The number of hydrogen-bond donors (Lipinski definition) is 2. The van der Waals surface area contributed by atoms with Gasteiger partial charge in [0.2, 0.25) is 0 Å². The largest absolute Gasteiger partial charge is 0.494 e. The Kier molecular flexibility index (Phi) is 5.40. The normalized spacial score (nSPS) is 15.6. The molecule has 3 heterocycles. The predicted molar refractivity (Wildman–Crippen MR) is 105 cm³/mol. The molecule has 150 valence electrons. The van der Waals surface area contributed by atoms with Crippen LogP contribution < -0.4 is 11.1 Å². The van der Waals surface area contributed by atoms with Crippen molar-refractivity contribution < 1.29 is 9.90 Å². The second kappa shape index (κ2) is 7.61. The third-order valence-corrected chi connectivity index (χ3v) is 5.08. The SMILES string of the molecule is CC(C)(C)c1cc(=O)n(CC2CCN(C(=O)c3cc(O)[nH]c(=O)c3)CC2)cn1. The van der Waals surface area contributed by atoms with Gasteiger partial charge in [0, 0.05) is 43.2 Å². The fourth-order valence-electron chi connectivity index (χ4n) is 3.40. The minimum Gasteiger partial charge on any atom is -0.494 e. The number of aromatic amines is 1. The number of amides is 1. The van der Waals surface area contributed by atoms with Crippen molar-refractivity contribution in [2.24, 2.45) is 5.92 Å². The summed E-state index contributed by atoms with van der Waals surface area (Å²) < 4.78 is 1.63. The van der Waals surface area contributed by atoms with Gasteiger partial charge >= 0.3 is 0 Å². The molecule has 1 fully saturated rings. The Labute approximate surface area is 162 Å². The van der Waals surface area contributed by atoms with Gasteiger partial charge in [-0.2, -0.15) is 0 Å². The Morgan fingerprint density at radius 2 is 1.89 bits per heavy atom. The fourth-order valence-corrected chi connectivity index (χ4v) is 3.40. The molecule has 8 heteroatoms. The van der Waals surface area contributed by atoms with Gasteiger partial charge in [0.25, 0.3) is 17.0 Å². The molecular formula is C20H26N4O4. The van der Waals surface area contributed by atoms with Crippen LogP contribution in [0.2, 0.25) is 0 Å². The molecule has 2 aromatic heterocycles. The lowest BCUT2D eigenvalue weighted by Gasteiger charge is -2.32. The van der Waals surface area contributed by atoms with Crippen LogP contribution in [0.15, 0.2) is 34.1 Å². The minimum atomic E-state index is -0.510. The number of aromatic hydroxyl groups is 1. The van der Waals surface area contributed by atoms with Crippen LogP contribution in [0.3, 0.4) is 0 Å². The van der Waals surface area contributed by atoms with Gasteiger partial charge in [0.05, 0.1) is 17.6 Å². The molecule has 2 N–H and O–H groups in total. The van der Waals surface area contributed by atoms with E-state index in [4.69, 9.17) is 0 Å². The predicted octanol–water partition coefficient (Wildman–Crippen LogP) is 1.49. The number of H-pyrrole nitrogens is 1. The second-order valence-electron chi connectivity index (χ2n) is 8.37. The maximum absolute atomic E-state index is 12.6. The summed E-state index contributed by atoms with van der Waals surface area (Å²) in [5.41, 5.74) is 0.215. The van der Waals surface area contributed by atoms with Crippen molar-refractivity contribution in [3.63, 3.8) is 0 Å². The van der Waals surface area contributed by atoms with Crippen LogP contribution in [-0.2, 0) is 12.0 Å². The zero-order chi connectivity index (χ0) is 20.5. The van der Waals surface area contributed by atoms with Crippen LogP contribution in [0, 0.1) is 5.92 Å². The average Bonchev–Trinajstić information content (AvgIpc) is 2.62. The number of rotatable bonds is 3. The zero-order valence-electron chi connectivity index (χ0n) is 16.4. The lowest BCUT2D eigenvalue weighted by molar-refractivity contribution is 0.0681. The van der Waals surface area contributed by atoms with Crippen LogP contribution in [0.5, 0.6) is 5.88 Å². The Morgan fingerprint density at radius 1 is 1.21 bits per heavy atom. The first-order valence-electron chi connectivity index (χ1n) is 9.43. The number of piperidine rings is 1. The maximum atomic E-state index is 12.6. The highest BCUT2D eigenvalue weighted by Gasteiger charge is 2.25. The van der Waals surface area contributed by atoms with Crippen LogP contribution >= 0.6 is 0 Å². The van der Waals surface area contributed by atoms with Gasteiger partial charge in [0.1, 0.15) is 0 Å². The number of aromatic nitrogens is 3. The Morgan fingerprint density at radius 3 is 2.46 bits per heavy atom. The molecule has 0 saturated carbocycles. The van der Waals surface area contributed by atoms with Crippen LogP contribution in [-0.4, -0.2) is 43.5 Å². The van der Waals surface area contributed by atoms with E-state index in [0.717, 1.165) is 18.5 Å². The number of carbonyl (C=O) groups excluding carboxylic acids is 1.